The lowest BCUT2D eigenvalue weighted by atomic mass is 10.1. The zero-order valence-corrected chi connectivity index (χ0v) is 18.6. The van der Waals surface area contributed by atoms with Crippen LogP contribution in [0, 0.1) is 6.92 Å². The van der Waals surface area contributed by atoms with Gasteiger partial charge in [0.2, 0.25) is 16.6 Å². The van der Waals surface area contributed by atoms with Crippen molar-refractivity contribution in [2.24, 2.45) is 0 Å². The standard InChI is InChI=1S/C25H21NO6S/c1-16-7-10-19(11-8-16)33(29,30)24-22(18-5-3-2-4-6-18)26(25(28)23(24)27)14-17-9-12-20-21(13-17)32-15-31-20/h2-13,22,27H,14-15H2,1H3. The molecule has 3 aromatic carbocycles. The average molecular weight is 464 g/mol. The summed E-state index contributed by atoms with van der Waals surface area (Å²) in [7, 11) is -4.15. The lowest BCUT2D eigenvalue weighted by Gasteiger charge is -2.27. The number of nitrogens with zero attached hydrogens (tertiary/aromatic N) is 1. The zero-order valence-electron chi connectivity index (χ0n) is 17.8. The summed E-state index contributed by atoms with van der Waals surface area (Å²) >= 11 is 0. The Hall–Kier alpha value is -3.78. The Morgan fingerprint density at radius 2 is 1.67 bits per heavy atom. The fourth-order valence-electron chi connectivity index (χ4n) is 4.11. The normalized spacial score (nSPS) is 17.7. The molecule has 2 heterocycles. The largest absolute Gasteiger partial charge is 0.502 e. The summed E-state index contributed by atoms with van der Waals surface area (Å²) in [4.78, 5) is 14.2. The molecule has 5 rings (SSSR count). The lowest BCUT2D eigenvalue weighted by molar-refractivity contribution is -0.130. The molecule has 0 saturated heterocycles. The molecule has 168 valence electrons. The van der Waals surface area contributed by atoms with Crippen LogP contribution in [0.5, 0.6) is 11.5 Å². The number of hydrogen-bond donors (Lipinski definition) is 1. The van der Waals surface area contributed by atoms with Crippen LogP contribution in [-0.2, 0) is 21.2 Å². The van der Waals surface area contributed by atoms with Gasteiger partial charge in [-0.15, -0.1) is 0 Å². The van der Waals surface area contributed by atoms with Gasteiger partial charge in [0.1, 0.15) is 4.91 Å². The van der Waals surface area contributed by atoms with E-state index in [1.165, 1.54) is 17.0 Å². The number of aliphatic hydroxyl groups is 1. The molecule has 0 aliphatic carbocycles. The van der Waals surface area contributed by atoms with Crippen LogP contribution < -0.4 is 9.47 Å². The minimum atomic E-state index is -4.15. The third kappa shape index (κ3) is 3.62. The van der Waals surface area contributed by atoms with E-state index in [0.29, 0.717) is 17.1 Å². The molecule has 0 fully saturated rings. The highest BCUT2D eigenvalue weighted by Crippen LogP contribution is 2.43. The molecule has 1 unspecified atom stereocenters. The maximum atomic E-state index is 13.6. The van der Waals surface area contributed by atoms with Gasteiger partial charge in [0.15, 0.2) is 17.3 Å². The molecule has 7 nitrogen and oxygen atoms in total. The van der Waals surface area contributed by atoms with Crippen LogP contribution in [0.3, 0.4) is 0 Å². The Labute approximate surface area is 191 Å². The van der Waals surface area contributed by atoms with Crippen molar-refractivity contribution in [2.75, 3.05) is 6.79 Å². The van der Waals surface area contributed by atoms with Crippen LogP contribution >= 0.6 is 0 Å². The quantitative estimate of drug-likeness (QED) is 0.614. The summed E-state index contributed by atoms with van der Waals surface area (Å²) in [6.07, 6.45) is 0. The first-order chi connectivity index (χ1) is 15.9. The minimum Gasteiger partial charge on any atom is -0.502 e. The van der Waals surface area contributed by atoms with E-state index in [0.717, 1.165) is 11.1 Å². The summed E-state index contributed by atoms with van der Waals surface area (Å²) in [5, 5.41) is 10.8. The molecule has 0 bridgehead atoms. The van der Waals surface area contributed by atoms with E-state index in [4.69, 9.17) is 9.47 Å². The molecular weight excluding hydrogens is 442 g/mol. The predicted octanol–water partition coefficient (Wildman–Crippen LogP) is 4.05. The summed E-state index contributed by atoms with van der Waals surface area (Å²) in [5.41, 5.74) is 2.20. The Morgan fingerprint density at radius 1 is 0.970 bits per heavy atom. The SMILES string of the molecule is Cc1ccc(S(=O)(=O)C2=C(O)C(=O)N(Cc3ccc4c(c3)OCO4)C2c2ccccc2)cc1. The third-order valence-corrected chi connectivity index (χ3v) is 7.67. The Morgan fingerprint density at radius 3 is 2.39 bits per heavy atom. The van der Waals surface area contributed by atoms with Crippen molar-refractivity contribution in [3.05, 3.63) is 100 Å². The zero-order chi connectivity index (χ0) is 23.2. The van der Waals surface area contributed by atoms with Crippen molar-refractivity contribution in [1.82, 2.24) is 4.90 Å². The van der Waals surface area contributed by atoms with Gasteiger partial charge in [-0.2, -0.15) is 0 Å². The van der Waals surface area contributed by atoms with Gasteiger partial charge in [-0.3, -0.25) is 4.79 Å². The van der Waals surface area contributed by atoms with E-state index >= 15 is 0 Å². The van der Waals surface area contributed by atoms with Crippen LogP contribution in [0.1, 0.15) is 22.7 Å². The number of fused-ring (bicyclic) bond motifs is 1. The second kappa shape index (κ2) is 7.97. The Kier molecular flexibility index (Phi) is 5.09. The van der Waals surface area contributed by atoms with Crippen LogP contribution in [0.4, 0.5) is 0 Å². The van der Waals surface area contributed by atoms with E-state index < -0.39 is 27.5 Å². The number of ether oxygens (including phenoxy) is 2. The fraction of sp³-hybridized carbons (Fsp3) is 0.160. The molecule has 2 aliphatic rings. The monoisotopic (exact) mass is 463 g/mol. The number of hydrogen-bond acceptors (Lipinski definition) is 6. The molecule has 3 aromatic rings. The van der Waals surface area contributed by atoms with Crippen molar-refractivity contribution in [1.29, 1.82) is 0 Å². The second-order valence-electron chi connectivity index (χ2n) is 7.96. The average Bonchev–Trinajstić information content (AvgIpc) is 3.38. The van der Waals surface area contributed by atoms with Crippen LogP contribution in [0.2, 0.25) is 0 Å². The summed E-state index contributed by atoms with van der Waals surface area (Å²) < 4.78 is 38.0. The molecule has 1 amide bonds. The third-order valence-electron chi connectivity index (χ3n) is 5.78. The van der Waals surface area contributed by atoms with Gasteiger partial charge in [-0.1, -0.05) is 54.1 Å². The lowest BCUT2D eigenvalue weighted by Crippen LogP contribution is -2.30. The highest BCUT2D eigenvalue weighted by molar-refractivity contribution is 7.95. The number of rotatable bonds is 5. The number of sulfone groups is 1. The van der Waals surface area contributed by atoms with Crippen molar-refractivity contribution >= 4 is 15.7 Å². The van der Waals surface area contributed by atoms with Gasteiger partial charge in [-0.25, -0.2) is 8.42 Å². The topological polar surface area (TPSA) is 93.1 Å². The minimum absolute atomic E-state index is 0.0216. The molecule has 1 atom stereocenters. The first-order valence-electron chi connectivity index (χ1n) is 10.4. The first-order valence-corrected chi connectivity index (χ1v) is 11.8. The molecule has 0 aromatic heterocycles. The van der Waals surface area contributed by atoms with Gasteiger partial charge in [0.05, 0.1) is 10.9 Å². The summed E-state index contributed by atoms with van der Waals surface area (Å²) in [6.45, 7) is 2.05. The highest BCUT2D eigenvalue weighted by Gasteiger charge is 2.46. The van der Waals surface area contributed by atoms with E-state index in [2.05, 4.69) is 0 Å². The highest BCUT2D eigenvalue weighted by atomic mass is 32.2. The number of carbonyl (C=O) groups excluding carboxylic acids is 1. The van der Waals surface area contributed by atoms with Gasteiger partial charge < -0.3 is 19.5 Å². The number of amides is 1. The molecule has 0 saturated carbocycles. The Bertz CT molecular complexity index is 1360. The van der Waals surface area contributed by atoms with Crippen LogP contribution in [-0.4, -0.2) is 31.1 Å². The fourth-order valence-corrected chi connectivity index (χ4v) is 5.76. The summed E-state index contributed by atoms with van der Waals surface area (Å²) in [6, 6.07) is 19.5. The van der Waals surface area contributed by atoms with Crippen molar-refractivity contribution in [2.45, 2.75) is 24.4 Å². The number of aliphatic hydroxyl groups excluding tert-OH is 1. The number of benzene rings is 3. The van der Waals surface area contributed by atoms with E-state index in [-0.39, 0.29) is 23.1 Å². The van der Waals surface area contributed by atoms with Gasteiger partial charge in [0.25, 0.3) is 5.91 Å². The molecule has 0 spiro atoms. The first kappa shape index (κ1) is 21.1. The predicted molar refractivity (Wildman–Crippen MR) is 120 cm³/mol. The smallest absolute Gasteiger partial charge is 0.290 e. The van der Waals surface area contributed by atoms with E-state index in [1.807, 2.05) is 6.92 Å². The van der Waals surface area contributed by atoms with Gasteiger partial charge in [-0.05, 0) is 42.3 Å². The maximum absolute atomic E-state index is 13.6. The molecular formula is C25H21NO6S. The number of aryl methyl sites for hydroxylation is 1. The maximum Gasteiger partial charge on any atom is 0.290 e. The van der Waals surface area contributed by atoms with Crippen LogP contribution in [0.25, 0.3) is 0 Å². The van der Waals surface area contributed by atoms with Crippen LogP contribution in [0.15, 0.2) is 88.4 Å². The van der Waals surface area contributed by atoms with Crippen molar-refractivity contribution in [3.63, 3.8) is 0 Å². The second-order valence-corrected chi connectivity index (χ2v) is 9.88. The summed E-state index contributed by atoms with van der Waals surface area (Å²) in [5.74, 6) is -0.341. The Balaban J connectivity index is 1.60. The molecule has 0 radical (unpaired) electrons. The molecule has 8 heteroatoms. The van der Waals surface area contributed by atoms with Gasteiger partial charge in [0, 0.05) is 6.54 Å². The number of carbonyl (C=O) groups is 1. The van der Waals surface area contributed by atoms with Gasteiger partial charge >= 0.3 is 0 Å². The molecule has 2 aliphatic heterocycles. The van der Waals surface area contributed by atoms with E-state index in [1.54, 1.807) is 60.7 Å². The molecule has 33 heavy (non-hydrogen) atoms. The molecule has 1 N–H and O–H groups in total. The van der Waals surface area contributed by atoms with E-state index in [9.17, 15) is 18.3 Å². The van der Waals surface area contributed by atoms with Crippen molar-refractivity contribution < 1.29 is 27.8 Å². The van der Waals surface area contributed by atoms with Crippen molar-refractivity contribution in [3.8, 4) is 11.5 Å².